The van der Waals surface area contributed by atoms with E-state index in [-0.39, 0.29) is 22.9 Å². The Morgan fingerprint density at radius 3 is 2.56 bits per heavy atom. The van der Waals surface area contributed by atoms with Crippen molar-refractivity contribution >= 4 is 21.3 Å². The molecule has 0 saturated carbocycles. The molecule has 132 valence electrons. The van der Waals surface area contributed by atoms with E-state index in [1.807, 2.05) is 0 Å². The molecule has 1 aromatic carbocycles. The summed E-state index contributed by atoms with van der Waals surface area (Å²) in [5.41, 5.74) is -1.46. The molecule has 1 aliphatic rings. The Morgan fingerprint density at radius 1 is 1.36 bits per heavy atom. The number of nitro groups is 1. The average Bonchev–Trinajstić information content (AvgIpc) is 2.53. The minimum Gasteiger partial charge on any atom is -0.743 e. The lowest BCUT2D eigenvalue weighted by Crippen LogP contribution is -2.41. The normalized spacial score (nSPS) is 17.2. The lowest BCUT2D eigenvalue weighted by molar-refractivity contribution is -0.544. The van der Waals surface area contributed by atoms with Gasteiger partial charge in [-0.2, -0.15) is 0 Å². The number of benzene rings is 1. The highest BCUT2D eigenvalue weighted by Crippen LogP contribution is 2.35. The van der Waals surface area contributed by atoms with Crippen LogP contribution < -0.4 is 5.11 Å². The SMILES string of the molecule is [C-]#[N+]C([O-])(OC1=CC(=O)CCC1)c1ccc(S(C)(=O)=O)cc1[N+](=O)[O-]. The van der Waals surface area contributed by atoms with Crippen LogP contribution in [0.2, 0.25) is 0 Å². The number of ether oxygens (including phenoxy) is 1. The van der Waals surface area contributed by atoms with E-state index in [0.29, 0.717) is 18.9 Å². The molecule has 9 nitrogen and oxygen atoms in total. The van der Waals surface area contributed by atoms with E-state index in [9.17, 15) is 28.4 Å². The van der Waals surface area contributed by atoms with Gasteiger partial charge < -0.3 is 9.84 Å². The van der Waals surface area contributed by atoms with Crippen molar-refractivity contribution in [2.24, 2.45) is 0 Å². The van der Waals surface area contributed by atoms with Crippen LogP contribution in [0.3, 0.4) is 0 Å². The minimum absolute atomic E-state index is 0.0243. The lowest BCUT2D eigenvalue weighted by Gasteiger charge is -2.29. The van der Waals surface area contributed by atoms with Crippen LogP contribution in [-0.2, 0) is 25.3 Å². The first kappa shape index (κ1) is 18.6. The number of allylic oxidation sites excluding steroid dienone is 2. The first-order valence-electron chi connectivity index (χ1n) is 7.07. The summed E-state index contributed by atoms with van der Waals surface area (Å²) >= 11 is 0. The van der Waals surface area contributed by atoms with E-state index in [0.717, 1.165) is 24.5 Å². The van der Waals surface area contributed by atoms with E-state index >= 15 is 0 Å². The second-order valence-electron chi connectivity index (χ2n) is 5.43. The van der Waals surface area contributed by atoms with Crippen LogP contribution in [0.25, 0.3) is 4.85 Å². The van der Waals surface area contributed by atoms with Gasteiger partial charge in [-0.05, 0) is 18.6 Å². The first-order valence-corrected chi connectivity index (χ1v) is 8.96. The number of hydrogen-bond acceptors (Lipinski definition) is 7. The van der Waals surface area contributed by atoms with Crippen molar-refractivity contribution in [2.45, 2.75) is 30.1 Å². The lowest BCUT2D eigenvalue weighted by atomic mass is 10.0. The summed E-state index contributed by atoms with van der Waals surface area (Å²) in [6.07, 6.45) is 2.94. The van der Waals surface area contributed by atoms with Crippen LogP contribution in [0.15, 0.2) is 34.9 Å². The maximum absolute atomic E-state index is 12.8. The summed E-state index contributed by atoms with van der Waals surface area (Å²) in [6.45, 7) is 7.11. The molecule has 1 aromatic rings. The number of hydrogen-bond donors (Lipinski definition) is 0. The van der Waals surface area contributed by atoms with Crippen molar-refractivity contribution < 1.29 is 28.0 Å². The summed E-state index contributed by atoms with van der Waals surface area (Å²) in [7, 11) is -3.74. The van der Waals surface area contributed by atoms with Gasteiger partial charge in [0.05, 0.1) is 9.82 Å². The molecule has 0 radical (unpaired) electrons. The van der Waals surface area contributed by atoms with Gasteiger partial charge >= 0.3 is 5.91 Å². The number of nitrogens with zero attached hydrogens (tertiary/aromatic N) is 2. The van der Waals surface area contributed by atoms with Gasteiger partial charge in [0.2, 0.25) is 0 Å². The van der Waals surface area contributed by atoms with Crippen LogP contribution >= 0.6 is 0 Å². The van der Waals surface area contributed by atoms with Crippen molar-refractivity contribution in [2.75, 3.05) is 6.26 Å². The van der Waals surface area contributed by atoms with Crippen LogP contribution in [0.5, 0.6) is 0 Å². The fourth-order valence-electron chi connectivity index (χ4n) is 2.32. The third-order valence-corrected chi connectivity index (χ3v) is 4.63. The Bertz CT molecular complexity index is 914. The van der Waals surface area contributed by atoms with Crippen molar-refractivity contribution in [3.05, 3.63) is 57.1 Å². The van der Waals surface area contributed by atoms with Crippen LogP contribution in [-0.4, -0.2) is 25.4 Å². The summed E-state index contributed by atoms with van der Waals surface area (Å²) in [5.74, 6) is -3.29. The van der Waals surface area contributed by atoms with Crippen LogP contribution in [0.1, 0.15) is 24.8 Å². The molecule has 1 atom stereocenters. The molecule has 0 saturated heterocycles. The number of sulfone groups is 1. The Kier molecular flexibility index (Phi) is 4.92. The Balaban J connectivity index is 2.54. The molecule has 0 heterocycles. The van der Waals surface area contributed by atoms with Crippen molar-refractivity contribution in [1.82, 2.24) is 0 Å². The van der Waals surface area contributed by atoms with Crippen LogP contribution in [0.4, 0.5) is 5.69 Å². The predicted octanol–water partition coefficient (Wildman–Crippen LogP) is 1.04. The van der Waals surface area contributed by atoms with Gasteiger partial charge in [-0.3, -0.25) is 19.8 Å². The van der Waals surface area contributed by atoms with Crippen molar-refractivity contribution in [3.63, 3.8) is 0 Å². The van der Waals surface area contributed by atoms with Gasteiger partial charge in [-0.25, -0.2) is 15.0 Å². The highest BCUT2D eigenvalue weighted by atomic mass is 32.2. The Morgan fingerprint density at radius 2 is 2.04 bits per heavy atom. The summed E-state index contributed by atoms with van der Waals surface area (Å²) in [6, 6.07) is 2.61. The van der Waals surface area contributed by atoms with Crippen LogP contribution in [0, 0.1) is 16.7 Å². The number of nitro benzene ring substituents is 1. The standard InChI is InChI=1S/C15H13N2O7S/c1-16-15(19,24-11-5-3-4-10(18)8-11)13-7-6-12(25(2,22)23)9-14(13)17(20)21/h6-9H,3-5H2,2H3/q-1. The zero-order chi connectivity index (χ0) is 18.8. The van der Waals surface area contributed by atoms with Gasteiger partial charge in [-0.1, -0.05) is 0 Å². The average molecular weight is 365 g/mol. The zero-order valence-electron chi connectivity index (χ0n) is 13.1. The second-order valence-corrected chi connectivity index (χ2v) is 7.45. The molecule has 25 heavy (non-hydrogen) atoms. The highest BCUT2D eigenvalue weighted by molar-refractivity contribution is 7.90. The topological polar surface area (TPSA) is 131 Å². The third kappa shape index (κ3) is 4.01. The maximum atomic E-state index is 12.8. The molecule has 0 aliphatic heterocycles. The quantitative estimate of drug-likeness (QED) is 0.330. The molecular formula is C15H13N2O7S-. The number of carbonyl (C=O) groups is 1. The van der Waals surface area contributed by atoms with Gasteiger partial charge in [0.25, 0.3) is 5.69 Å². The molecule has 2 rings (SSSR count). The van der Waals surface area contributed by atoms with Crippen molar-refractivity contribution in [3.8, 4) is 0 Å². The summed E-state index contributed by atoms with van der Waals surface area (Å²) in [5, 5.41) is 24.0. The molecule has 0 aromatic heterocycles. The minimum atomic E-state index is -3.74. The molecule has 10 heteroatoms. The second kappa shape index (κ2) is 6.62. The van der Waals surface area contributed by atoms with Gasteiger partial charge in [0, 0.05) is 31.2 Å². The third-order valence-electron chi connectivity index (χ3n) is 3.52. The molecule has 0 bridgehead atoms. The predicted molar refractivity (Wildman–Crippen MR) is 82.5 cm³/mol. The first-order chi connectivity index (χ1) is 11.6. The van der Waals surface area contributed by atoms with E-state index in [2.05, 4.69) is 4.85 Å². The fourth-order valence-corrected chi connectivity index (χ4v) is 2.96. The number of rotatable bonds is 5. The van der Waals surface area contributed by atoms with E-state index < -0.39 is 31.9 Å². The maximum Gasteiger partial charge on any atom is 0.363 e. The highest BCUT2D eigenvalue weighted by Gasteiger charge is 2.38. The molecule has 1 aliphatic carbocycles. The molecule has 0 N–H and O–H groups in total. The summed E-state index contributed by atoms with van der Waals surface area (Å²) in [4.78, 5) is 24.2. The van der Waals surface area contributed by atoms with Gasteiger partial charge in [0.1, 0.15) is 11.3 Å². The largest absolute Gasteiger partial charge is 0.743 e. The van der Waals surface area contributed by atoms with E-state index in [1.165, 1.54) is 0 Å². The number of carbonyl (C=O) groups excluding carboxylic acids is 1. The smallest absolute Gasteiger partial charge is 0.363 e. The van der Waals surface area contributed by atoms with E-state index in [1.54, 1.807) is 0 Å². The Hall–Kier alpha value is -2.77. The molecule has 1 unspecified atom stereocenters. The van der Waals surface area contributed by atoms with Gasteiger partial charge in [0.15, 0.2) is 15.6 Å². The zero-order valence-corrected chi connectivity index (χ0v) is 13.9. The molecule has 0 amide bonds. The summed E-state index contributed by atoms with van der Waals surface area (Å²) < 4.78 is 28.2. The monoisotopic (exact) mass is 365 g/mol. The fraction of sp³-hybridized carbons (Fsp3) is 0.333. The van der Waals surface area contributed by atoms with Crippen molar-refractivity contribution in [1.29, 1.82) is 0 Å². The molecule has 0 fully saturated rings. The van der Waals surface area contributed by atoms with E-state index in [4.69, 9.17) is 11.3 Å². The van der Waals surface area contributed by atoms with Gasteiger partial charge in [-0.15, -0.1) is 0 Å². The molecule has 0 spiro atoms. The Labute approximate surface area is 143 Å². The number of ketones is 1. The molecular weight excluding hydrogens is 352 g/mol.